The fraction of sp³-hybridized carbons (Fsp3) is 1.00. The second kappa shape index (κ2) is 4.79. The van der Waals surface area contributed by atoms with Crippen molar-refractivity contribution < 1.29 is 0 Å². The summed E-state index contributed by atoms with van der Waals surface area (Å²) < 4.78 is 0. The predicted octanol–water partition coefficient (Wildman–Crippen LogP) is 3.23. The number of piperidine rings is 2. The van der Waals surface area contributed by atoms with E-state index in [9.17, 15) is 0 Å². The lowest BCUT2D eigenvalue weighted by Gasteiger charge is -2.51. The minimum atomic E-state index is 0.342. The minimum absolute atomic E-state index is 0.342. The molecular weight excluding hydrogens is 220 g/mol. The maximum atomic E-state index is 2.69. The summed E-state index contributed by atoms with van der Waals surface area (Å²) in [6.45, 7) is 19.4. The summed E-state index contributed by atoms with van der Waals surface area (Å²) in [5.74, 6) is 1.88. The van der Waals surface area contributed by atoms with E-state index in [-0.39, 0.29) is 0 Å². The molecule has 0 aromatic heterocycles. The van der Waals surface area contributed by atoms with Gasteiger partial charge in [-0.25, -0.2) is 0 Å². The van der Waals surface area contributed by atoms with Crippen molar-refractivity contribution in [3.63, 3.8) is 0 Å². The van der Waals surface area contributed by atoms with Gasteiger partial charge in [-0.05, 0) is 79.3 Å². The number of rotatable bonds is 0. The van der Waals surface area contributed by atoms with Crippen LogP contribution in [0.3, 0.4) is 0 Å². The van der Waals surface area contributed by atoms with E-state index in [2.05, 4.69) is 51.3 Å². The van der Waals surface area contributed by atoms with Crippen LogP contribution in [0.25, 0.3) is 0 Å². The van der Waals surface area contributed by atoms with E-state index in [1.807, 2.05) is 0 Å². The van der Waals surface area contributed by atoms with Gasteiger partial charge in [0, 0.05) is 24.2 Å². The molecular formula is C16H32N2. The van der Waals surface area contributed by atoms with Gasteiger partial charge in [0.2, 0.25) is 0 Å². The Hall–Kier alpha value is -0.0800. The Bertz CT molecular complexity index is 256. The van der Waals surface area contributed by atoms with Crippen molar-refractivity contribution in [2.75, 3.05) is 26.2 Å². The van der Waals surface area contributed by atoms with Crippen molar-refractivity contribution in [2.45, 2.75) is 65.5 Å². The molecule has 2 aliphatic rings. The zero-order valence-corrected chi connectivity index (χ0v) is 13.3. The molecule has 0 spiro atoms. The van der Waals surface area contributed by atoms with Gasteiger partial charge in [-0.3, -0.25) is 9.80 Å². The maximum Gasteiger partial charge on any atom is 0.0125 e. The average Bonchev–Trinajstić information content (AvgIpc) is 2.25. The lowest BCUT2D eigenvalue weighted by atomic mass is 9.78. The van der Waals surface area contributed by atoms with E-state index < -0.39 is 0 Å². The Morgan fingerprint density at radius 2 is 1.06 bits per heavy atom. The molecule has 0 aromatic rings. The van der Waals surface area contributed by atoms with Gasteiger partial charge in [0.25, 0.3) is 0 Å². The third kappa shape index (κ3) is 3.08. The van der Waals surface area contributed by atoms with Gasteiger partial charge >= 0.3 is 0 Å². The first-order chi connectivity index (χ1) is 8.18. The van der Waals surface area contributed by atoms with Crippen LogP contribution in [-0.2, 0) is 0 Å². The summed E-state index contributed by atoms with van der Waals surface area (Å²) in [4.78, 5) is 5.39. The van der Waals surface area contributed by atoms with Crippen LogP contribution in [-0.4, -0.2) is 47.1 Å². The number of fused-ring (bicyclic) bond motifs is 1. The van der Waals surface area contributed by atoms with Gasteiger partial charge in [0.15, 0.2) is 0 Å². The molecule has 2 rings (SSSR count). The fourth-order valence-electron chi connectivity index (χ4n) is 3.58. The van der Waals surface area contributed by atoms with Crippen molar-refractivity contribution in [2.24, 2.45) is 11.8 Å². The smallest absolute Gasteiger partial charge is 0.0125 e. The molecule has 2 fully saturated rings. The van der Waals surface area contributed by atoms with Crippen LogP contribution in [0.5, 0.6) is 0 Å². The molecule has 2 saturated heterocycles. The molecule has 106 valence electrons. The molecule has 0 bridgehead atoms. The Labute approximate surface area is 114 Å². The highest BCUT2D eigenvalue weighted by atomic mass is 15.2. The predicted molar refractivity (Wildman–Crippen MR) is 78.9 cm³/mol. The monoisotopic (exact) mass is 252 g/mol. The highest BCUT2D eigenvalue weighted by Crippen LogP contribution is 2.35. The van der Waals surface area contributed by atoms with Crippen LogP contribution < -0.4 is 0 Å². The van der Waals surface area contributed by atoms with Crippen LogP contribution in [0.15, 0.2) is 0 Å². The molecule has 0 N–H and O–H groups in total. The first-order valence-electron chi connectivity index (χ1n) is 7.68. The zero-order valence-electron chi connectivity index (χ0n) is 13.3. The molecule has 2 aliphatic heterocycles. The third-order valence-corrected chi connectivity index (χ3v) is 5.01. The fourth-order valence-corrected chi connectivity index (χ4v) is 3.58. The number of hydrogen-bond acceptors (Lipinski definition) is 2. The summed E-state index contributed by atoms with van der Waals surface area (Å²) in [7, 11) is 0. The molecule has 0 radical (unpaired) electrons. The van der Waals surface area contributed by atoms with Crippen molar-refractivity contribution in [3.8, 4) is 0 Å². The van der Waals surface area contributed by atoms with Crippen LogP contribution >= 0.6 is 0 Å². The first kappa shape index (κ1) is 14.3. The van der Waals surface area contributed by atoms with E-state index in [0.717, 1.165) is 11.8 Å². The Morgan fingerprint density at radius 3 is 1.39 bits per heavy atom. The van der Waals surface area contributed by atoms with E-state index in [0.29, 0.717) is 11.1 Å². The third-order valence-electron chi connectivity index (χ3n) is 5.01. The number of hydrogen-bond donors (Lipinski definition) is 0. The summed E-state index contributed by atoms with van der Waals surface area (Å²) in [6.07, 6.45) is 2.83. The first-order valence-corrected chi connectivity index (χ1v) is 7.68. The standard InChI is InChI=1S/C16H32N2/c1-15(2,3)17-9-7-13-8-10-18(16(4,5)6)12-14(13)11-17/h13-14H,7-12H2,1-6H3. The van der Waals surface area contributed by atoms with E-state index in [1.165, 1.54) is 39.0 Å². The van der Waals surface area contributed by atoms with Gasteiger partial charge in [-0.15, -0.1) is 0 Å². The SMILES string of the molecule is CC(C)(C)N1CCC2CCN(C(C)(C)C)CC2C1. The summed E-state index contributed by atoms with van der Waals surface area (Å²) >= 11 is 0. The normalized spacial score (nSPS) is 32.3. The number of likely N-dealkylation sites (tertiary alicyclic amines) is 2. The van der Waals surface area contributed by atoms with Gasteiger partial charge in [-0.1, -0.05) is 0 Å². The van der Waals surface area contributed by atoms with E-state index in [1.54, 1.807) is 0 Å². The van der Waals surface area contributed by atoms with Crippen molar-refractivity contribution >= 4 is 0 Å². The Balaban J connectivity index is 2.00. The van der Waals surface area contributed by atoms with Gasteiger partial charge in [-0.2, -0.15) is 0 Å². The van der Waals surface area contributed by atoms with Gasteiger partial charge in [0.05, 0.1) is 0 Å². The van der Waals surface area contributed by atoms with Crippen LogP contribution in [0, 0.1) is 11.8 Å². The van der Waals surface area contributed by atoms with Crippen molar-refractivity contribution in [3.05, 3.63) is 0 Å². The summed E-state index contributed by atoms with van der Waals surface area (Å²) in [5.41, 5.74) is 0.684. The molecule has 0 aromatic carbocycles. The second-order valence-corrected chi connectivity index (χ2v) is 8.33. The molecule has 2 nitrogen and oxygen atoms in total. The zero-order chi connectivity index (χ0) is 13.6. The van der Waals surface area contributed by atoms with Gasteiger partial charge in [0.1, 0.15) is 0 Å². The average molecular weight is 252 g/mol. The summed E-state index contributed by atoms with van der Waals surface area (Å²) in [6, 6.07) is 0. The van der Waals surface area contributed by atoms with Crippen LogP contribution in [0.4, 0.5) is 0 Å². The largest absolute Gasteiger partial charge is 0.298 e. The van der Waals surface area contributed by atoms with E-state index in [4.69, 9.17) is 0 Å². The van der Waals surface area contributed by atoms with E-state index >= 15 is 0 Å². The molecule has 0 unspecified atom stereocenters. The molecule has 0 atom stereocenters. The second-order valence-electron chi connectivity index (χ2n) is 8.33. The molecule has 2 heteroatoms. The minimum Gasteiger partial charge on any atom is -0.298 e. The summed E-state index contributed by atoms with van der Waals surface area (Å²) in [5, 5.41) is 0. The highest BCUT2D eigenvalue weighted by molar-refractivity contribution is 4.93. The molecule has 0 aliphatic carbocycles. The maximum absolute atomic E-state index is 2.69. The topological polar surface area (TPSA) is 6.48 Å². The Morgan fingerprint density at radius 1 is 0.667 bits per heavy atom. The van der Waals surface area contributed by atoms with Crippen LogP contribution in [0.1, 0.15) is 54.4 Å². The molecule has 0 amide bonds. The molecule has 18 heavy (non-hydrogen) atoms. The quantitative estimate of drug-likeness (QED) is 0.653. The Kier molecular flexibility index (Phi) is 3.81. The van der Waals surface area contributed by atoms with Gasteiger partial charge < -0.3 is 0 Å². The lowest BCUT2D eigenvalue weighted by Crippen LogP contribution is -2.57. The number of nitrogens with zero attached hydrogens (tertiary/aromatic N) is 2. The van der Waals surface area contributed by atoms with Crippen LogP contribution in [0.2, 0.25) is 0 Å². The van der Waals surface area contributed by atoms with Crippen molar-refractivity contribution in [1.29, 1.82) is 0 Å². The highest BCUT2D eigenvalue weighted by Gasteiger charge is 2.39. The molecule has 0 saturated carbocycles. The molecule has 2 heterocycles. The van der Waals surface area contributed by atoms with Crippen molar-refractivity contribution in [1.82, 2.24) is 9.80 Å². The lowest BCUT2D eigenvalue weighted by molar-refractivity contribution is -0.0211.